The quantitative estimate of drug-likeness (QED) is 0.901. The van der Waals surface area contributed by atoms with Crippen molar-refractivity contribution in [1.82, 2.24) is 9.78 Å². The molecule has 1 unspecified atom stereocenters. The molecule has 0 radical (unpaired) electrons. The average Bonchev–Trinajstić information content (AvgIpc) is 2.87. The van der Waals surface area contributed by atoms with Gasteiger partial charge in [0.15, 0.2) is 11.6 Å². The molecule has 0 aliphatic heterocycles. The number of rotatable bonds is 5. The lowest BCUT2D eigenvalue weighted by molar-refractivity contribution is 0.385. The molecule has 0 fully saturated rings. The van der Waals surface area contributed by atoms with Crippen LogP contribution in [0, 0.1) is 5.82 Å². The zero-order chi connectivity index (χ0) is 13.8. The van der Waals surface area contributed by atoms with E-state index in [4.69, 9.17) is 10.5 Å². The van der Waals surface area contributed by atoms with Gasteiger partial charge in [0.05, 0.1) is 18.8 Å². The van der Waals surface area contributed by atoms with Crippen LogP contribution in [0.5, 0.6) is 5.75 Å². The van der Waals surface area contributed by atoms with Crippen molar-refractivity contribution in [3.8, 4) is 5.75 Å². The molecule has 0 amide bonds. The molecule has 2 aromatic rings. The second-order valence-corrected chi connectivity index (χ2v) is 4.35. The first-order valence-electron chi connectivity index (χ1n) is 6.28. The van der Waals surface area contributed by atoms with Gasteiger partial charge in [-0.3, -0.25) is 4.68 Å². The van der Waals surface area contributed by atoms with Crippen LogP contribution in [0.25, 0.3) is 0 Å². The molecule has 4 nitrogen and oxygen atoms in total. The third kappa shape index (κ3) is 2.76. The summed E-state index contributed by atoms with van der Waals surface area (Å²) in [6.45, 7) is 2.90. The lowest BCUT2D eigenvalue weighted by Crippen LogP contribution is -2.17. The SMILES string of the molecule is CCCn1nccc1C(N)c1ccc(F)c(OC)c1. The van der Waals surface area contributed by atoms with Crippen LogP contribution in [-0.4, -0.2) is 16.9 Å². The maximum Gasteiger partial charge on any atom is 0.165 e. The smallest absolute Gasteiger partial charge is 0.165 e. The maximum atomic E-state index is 13.4. The van der Waals surface area contributed by atoms with Crippen LogP contribution in [-0.2, 0) is 6.54 Å². The van der Waals surface area contributed by atoms with Crippen LogP contribution in [0.3, 0.4) is 0 Å². The average molecular weight is 263 g/mol. The van der Waals surface area contributed by atoms with Crippen molar-refractivity contribution in [1.29, 1.82) is 0 Å². The molecule has 0 spiro atoms. The van der Waals surface area contributed by atoms with E-state index in [0.717, 1.165) is 24.2 Å². The van der Waals surface area contributed by atoms with E-state index in [1.54, 1.807) is 18.3 Å². The summed E-state index contributed by atoms with van der Waals surface area (Å²) in [5, 5.41) is 4.24. The number of halogens is 1. The maximum absolute atomic E-state index is 13.4. The molecule has 19 heavy (non-hydrogen) atoms. The number of hydrogen-bond acceptors (Lipinski definition) is 3. The van der Waals surface area contributed by atoms with Crippen molar-refractivity contribution < 1.29 is 9.13 Å². The molecular weight excluding hydrogens is 245 g/mol. The van der Waals surface area contributed by atoms with Gasteiger partial charge in [-0.1, -0.05) is 13.0 Å². The summed E-state index contributed by atoms with van der Waals surface area (Å²) in [4.78, 5) is 0. The van der Waals surface area contributed by atoms with Gasteiger partial charge in [0, 0.05) is 12.7 Å². The van der Waals surface area contributed by atoms with Crippen LogP contribution in [0.2, 0.25) is 0 Å². The Labute approximate surface area is 112 Å². The van der Waals surface area contributed by atoms with E-state index in [2.05, 4.69) is 12.0 Å². The van der Waals surface area contributed by atoms with Crippen molar-refractivity contribution >= 4 is 0 Å². The van der Waals surface area contributed by atoms with Gasteiger partial charge >= 0.3 is 0 Å². The summed E-state index contributed by atoms with van der Waals surface area (Å²) in [5.74, 6) is -0.185. The van der Waals surface area contributed by atoms with Gasteiger partial charge in [-0.15, -0.1) is 0 Å². The molecule has 0 bridgehead atoms. The molecule has 0 saturated heterocycles. The Bertz CT molecular complexity index is 553. The van der Waals surface area contributed by atoms with E-state index in [1.165, 1.54) is 13.2 Å². The number of ether oxygens (including phenoxy) is 1. The number of nitrogens with zero attached hydrogens (tertiary/aromatic N) is 2. The van der Waals surface area contributed by atoms with Crippen molar-refractivity contribution in [3.63, 3.8) is 0 Å². The second kappa shape index (κ2) is 5.84. The molecule has 0 aliphatic carbocycles. The lowest BCUT2D eigenvalue weighted by atomic mass is 10.0. The third-order valence-electron chi connectivity index (χ3n) is 3.04. The van der Waals surface area contributed by atoms with Crippen molar-refractivity contribution in [3.05, 3.63) is 47.5 Å². The van der Waals surface area contributed by atoms with Crippen LogP contribution >= 0.6 is 0 Å². The van der Waals surface area contributed by atoms with Gasteiger partial charge in [0.2, 0.25) is 0 Å². The molecule has 2 rings (SSSR count). The van der Waals surface area contributed by atoms with E-state index >= 15 is 0 Å². The minimum Gasteiger partial charge on any atom is -0.494 e. The summed E-state index contributed by atoms with van der Waals surface area (Å²) < 4.78 is 20.2. The van der Waals surface area contributed by atoms with Crippen LogP contribution in [0.4, 0.5) is 4.39 Å². The summed E-state index contributed by atoms with van der Waals surface area (Å²) >= 11 is 0. The zero-order valence-corrected chi connectivity index (χ0v) is 11.1. The van der Waals surface area contributed by atoms with Gasteiger partial charge in [-0.25, -0.2) is 4.39 Å². The molecule has 1 aromatic carbocycles. The van der Waals surface area contributed by atoms with Gasteiger partial charge in [0.25, 0.3) is 0 Å². The summed E-state index contributed by atoms with van der Waals surface area (Å²) in [6.07, 6.45) is 2.71. The number of aromatic nitrogens is 2. The predicted molar refractivity (Wildman–Crippen MR) is 71.5 cm³/mol. The third-order valence-corrected chi connectivity index (χ3v) is 3.04. The lowest BCUT2D eigenvalue weighted by Gasteiger charge is -2.15. The first-order valence-corrected chi connectivity index (χ1v) is 6.28. The molecule has 2 N–H and O–H groups in total. The molecule has 1 heterocycles. The highest BCUT2D eigenvalue weighted by molar-refractivity contribution is 5.35. The molecule has 0 saturated carbocycles. The highest BCUT2D eigenvalue weighted by atomic mass is 19.1. The van der Waals surface area contributed by atoms with Crippen molar-refractivity contribution in [2.45, 2.75) is 25.9 Å². The van der Waals surface area contributed by atoms with Crippen LogP contribution < -0.4 is 10.5 Å². The topological polar surface area (TPSA) is 53.1 Å². The molecule has 1 aromatic heterocycles. The summed E-state index contributed by atoms with van der Waals surface area (Å²) in [5.41, 5.74) is 7.94. The van der Waals surface area contributed by atoms with E-state index in [0.29, 0.717) is 0 Å². The van der Waals surface area contributed by atoms with E-state index in [1.807, 2.05) is 10.7 Å². The van der Waals surface area contributed by atoms with Gasteiger partial charge < -0.3 is 10.5 Å². The molecule has 0 aliphatic rings. The normalized spacial score (nSPS) is 12.4. The molecule has 102 valence electrons. The molecular formula is C14H18FN3O. The number of nitrogens with two attached hydrogens (primary N) is 1. The number of hydrogen-bond donors (Lipinski definition) is 1. The number of methoxy groups -OCH3 is 1. The van der Waals surface area contributed by atoms with Gasteiger partial charge in [-0.05, 0) is 30.2 Å². The monoisotopic (exact) mass is 263 g/mol. The standard InChI is InChI=1S/C14H18FN3O/c1-3-8-18-12(6-7-17-18)14(16)10-4-5-11(15)13(9-10)19-2/h4-7,9,14H,3,8,16H2,1-2H3. The highest BCUT2D eigenvalue weighted by Crippen LogP contribution is 2.25. The fourth-order valence-electron chi connectivity index (χ4n) is 2.05. The Morgan fingerprint density at radius 3 is 2.89 bits per heavy atom. The first-order chi connectivity index (χ1) is 9.17. The highest BCUT2D eigenvalue weighted by Gasteiger charge is 2.15. The van der Waals surface area contributed by atoms with E-state index < -0.39 is 0 Å². The Morgan fingerprint density at radius 2 is 2.21 bits per heavy atom. The summed E-state index contributed by atoms with van der Waals surface area (Å²) in [6, 6.07) is 6.21. The zero-order valence-electron chi connectivity index (χ0n) is 11.1. The Balaban J connectivity index is 2.32. The van der Waals surface area contributed by atoms with Crippen LogP contribution in [0.1, 0.15) is 30.6 Å². The Hall–Kier alpha value is -1.88. The minimum atomic E-state index is -0.388. The fourth-order valence-corrected chi connectivity index (χ4v) is 2.05. The van der Waals surface area contributed by atoms with E-state index in [9.17, 15) is 4.39 Å². The van der Waals surface area contributed by atoms with Crippen LogP contribution in [0.15, 0.2) is 30.5 Å². The Kier molecular flexibility index (Phi) is 4.16. The summed E-state index contributed by atoms with van der Waals surface area (Å²) in [7, 11) is 1.44. The largest absolute Gasteiger partial charge is 0.494 e. The number of benzene rings is 1. The fraction of sp³-hybridized carbons (Fsp3) is 0.357. The van der Waals surface area contributed by atoms with E-state index in [-0.39, 0.29) is 17.6 Å². The van der Waals surface area contributed by atoms with Crippen molar-refractivity contribution in [2.75, 3.05) is 7.11 Å². The Morgan fingerprint density at radius 1 is 1.42 bits per heavy atom. The predicted octanol–water partition coefficient (Wildman–Crippen LogP) is 2.49. The first kappa shape index (κ1) is 13.5. The van der Waals surface area contributed by atoms with Gasteiger partial charge in [-0.2, -0.15) is 5.10 Å². The minimum absolute atomic E-state index is 0.203. The molecule has 5 heteroatoms. The number of aryl methyl sites for hydroxylation is 1. The molecule has 1 atom stereocenters. The van der Waals surface area contributed by atoms with Gasteiger partial charge in [0.1, 0.15) is 0 Å². The second-order valence-electron chi connectivity index (χ2n) is 4.35. The van der Waals surface area contributed by atoms with Crippen molar-refractivity contribution in [2.24, 2.45) is 5.73 Å².